The molecule has 0 unspecified atom stereocenters. The molecule has 0 radical (unpaired) electrons. The number of anilines is 1. The predicted molar refractivity (Wildman–Crippen MR) is 108 cm³/mol. The first-order valence-corrected chi connectivity index (χ1v) is 9.42. The van der Waals surface area contributed by atoms with E-state index in [-0.39, 0.29) is 5.78 Å². The Morgan fingerprint density at radius 1 is 1.11 bits per heavy atom. The monoisotopic (exact) mass is 366 g/mol. The summed E-state index contributed by atoms with van der Waals surface area (Å²) in [7, 11) is 0. The van der Waals surface area contributed by atoms with Gasteiger partial charge in [0.05, 0.1) is 12.2 Å². The molecule has 1 aromatic heterocycles. The van der Waals surface area contributed by atoms with Gasteiger partial charge in [0.15, 0.2) is 5.78 Å². The van der Waals surface area contributed by atoms with Gasteiger partial charge in [-0.1, -0.05) is 13.3 Å². The summed E-state index contributed by atoms with van der Waals surface area (Å²) in [5.41, 5.74) is 13.9. The molecule has 27 heavy (non-hydrogen) atoms. The molecule has 2 aromatic carbocycles. The molecule has 0 saturated heterocycles. The number of ketones is 1. The van der Waals surface area contributed by atoms with Crippen LogP contribution in [0.1, 0.15) is 47.9 Å². The Balaban J connectivity index is 1.93. The van der Waals surface area contributed by atoms with Crippen molar-refractivity contribution < 1.29 is 13.9 Å². The fourth-order valence-electron chi connectivity index (χ4n) is 3.05. The summed E-state index contributed by atoms with van der Waals surface area (Å²) in [6.45, 7) is 3.27. The van der Waals surface area contributed by atoms with Gasteiger partial charge in [0.1, 0.15) is 17.1 Å². The topological polar surface area (TPSA) is 91.5 Å². The van der Waals surface area contributed by atoms with Crippen LogP contribution < -0.4 is 16.2 Å². The number of furan rings is 1. The van der Waals surface area contributed by atoms with E-state index in [2.05, 4.69) is 6.92 Å². The molecule has 4 N–H and O–H groups in total. The highest BCUT2D eigenvalue weighted by molar-refractivity contribution is 6.17. The number of ether oxygens (including phenoxy) is 1. The fraction of sp³-hybridized carbons (Fsp3) is 0.318. The van der Waals surface area contributed by atoms with Crippen LogP contribution in [-0.2, 0) is 6.42 Å². The van der Waals surface area contributed by atoms with Gasteiger partial charge in [-0.2, -0.15) is 0 Å². The Bertz CT molecular complexity index is 913. The van der Waals surface area contributed by atoms with Crippen molar-refractivity contribution >= 4 is 22.4 Å². The molecule has 5 heteroatoms. The summed E-state index contributed by atoms with van der Waals surface area (Å²) in [5.74, 6) is 1.40. The van der Waals surface area contributed by atoms with Crippen LogP contribution in [0, 0.1) is 0 Å². The summed E-state index contributed by atoms with van der Waals surface area (Å²) in [6.07, 6.45) is 3.52. The molecular weight excluding hydrogens is 340 g/mol. The third-order valence-electron chi connectivity index (χ3n) is 4.50. The number of hydrogen-bond acceptors (Lipinski definition) is 5. The minimum atomic E-state index is -0.0565. The molecule has 1 heterocycles. The Morgan fingerprint density at radius 3 is 2.59 bits per heavy atom. The second kappa shape index (κ2) is 8.73. The van der Waals surface area contributed by atoms with E-state index in [0.29, 0.717) is 35.5 Å². The van der Waals surface area contributed by atoms with Gasteiger partial charge in [0, 0.05) is 23.1 Å². The Labute approximate surface area is 159 Å². The highest BCUT2D eigenvalue weighted by Gasteiger charge is 2.22. The molecule has 0 saturated carbocycles. The maximum atomic E-state index is 13.2. The van der Waals surface area contributed by atoms with E-state index >= 15 is 0 Å². The molecule has 0 spiro atoms. The minimum absolute atomic E-state index is 0.0565. The molecule has 0 fully saturated rings. The van der Waals surface area contributed by atoms with Crippen molar-refractivity contribution in [3.63, 3.8) is 0 Å². The lowest BCUT2D eigenvalue weighted by atomic mass is 9.98. The molecule has 3 aromatic rings. The standard InChI is InChI=1S/C22H26N2O3/c1-2-3-5-20-21(18-14-16(24)8-11-19(18)27-20)22(25)15-6-9-17(10-7-15)26-13-4-12-23/h6-11,14H,2-5,12-13,23-24H2,1H3. The van der Waals surface area contributed by atoms with Gasteiger partial charge in [-0.15, -0.1) is 0 Å². The lowest BCUT2D eigenvalue weighted by Crippen LogP contribution is -2.07. The second-order valence-electron chi connectivity index (χ2n) is 6.60. The van der Waals surface area contributed by atoms with E-state index in [1.807, 2.05) is 24.3 Å². The maximum absolute atomic E-state index is 13.2. The Kier molecular flexibility index (Phi) is 6.14. The van der Waals surface area contributed by atoms with Crippen molar-refractivity contribution in [2.24, 2.45) is 5.73 Å². The van der Waals surface area contributed by atoms with E-state index in [1.165, 1.54) is 0 Å². The highest BCUT2D eigenvalue weighted by Crippen LogP contribution is 2.31. The summed E-state index contributed by atoms with van der Waals surface area (Å²) in [6, 6.07) is 12.6. The van der Waals surface area contributed by atoms with Crippen molar-refractivity contribution in [1.29, 1.82) is 0 Å². The molecule has 0 atom stereocenters. The summed E-state index contributed by atoms with van der Waals surface area (Å²) >= 11 is 0. The molecular formula is C22H26N2O3. The predicted octanol–water partition coefficient (Wildman–Crippen LogP) is 4.32. The summed E-state index contributed by atoms with van der Waals surface area (Å²) < 4.78 is 11.6. The second-order valence-corrected chi connectivity index (χ2v) is 6.60. The number of unbranched alkanes of at least 4 members (excludes halogenated alkanes) is 1. The highest BCUT2D eigenvalue weighted by atomic mass is 16.5. The molecule has 0 aliphatic heterocycles. The number of aryl methyl sites for hydroxylation is 1. The van der Waals surface area contributed by atoms with Crippen molar-refractivity contribution in [1.82, 2.24) is 0 Å². The number of fused-ring (bicyclic) bond motifs is 1. The quantitative estimate of drug-likeness (QED) is 0.334. The Hall–Kier alpha value is -2.79. The van der Waals surface area contributed by atoms with Crippen LogP contribution in [0.15, 0.2) is 46.9 Å². The van der Waals surface area contributed by atoms with Gasteiger partial charge in [-0.3, -0.25) is 4.79 Å². The number of carbonyl (C=O) groups excluding carboxylic acids is 1. The van der Waals surface area contributed by atoms with Crippen molar-refractivity contribution in [3.05, 3.63) is 59.4 Å². The van der Waals surface area contributed by atoms with Gasteiger partial charge in [0.25, 0.3) is 0 Å². The van der Waals surface area contributed by atoms with Crippen LogP contribution in [0.3, 0.4) is 0 Å². The third-order valence-corrected chi connectivity index (χ3v) is 4.50. The van der Waals surface area contributed by atoms with Crippen LogP contribution in [0.2, 0.25) is 0 Å². The van der Waals surface area contributed by atoms with Crippen LogP contribution in [0.25, 0.3) is 11.0 Å². The van der Waals surface area contributed by atoms with Crippen molar-refractivity contribution in [3.8, 4) is 5.75 Å². The number of rotatable bonds is 9. The van der Waals surface area contributed by atoms with Crippen LogP contribution in [-0.4, -0.2) is 18.9 Å². The van der Waals surface area contributed by atoms with E-state index in [1.54, 1.807) is 18.2 Å². The van der Waals surface area contributed by atoms with Gasteiger partial charge >= 0.3 is 0 Å². The lowest BCUT2D eigenvalue weighted by molar-refractivity contribution is 0.103. The van der Waals surface area contributed by atoms with E-state index < -0.39 is 0 Å². The normalized spacial score (nSPS) is 11.0. The third kappa shape index (κ3) is 4.31. The average molecular weight is 366 g/mol. The van der Waals surface area contributed by atoms with Gasteiger partial charge in [0.2, 0.25) is 0 Å². The zero-order valence-electron chi connectivity index (χ0n) is 15.7. The first-order valence-electron chi connectivity index (χ1n) is 9.42. The van der Waals surface area contributed by atoms with Crippen molar-refractivity contribution in [2.75, 3.05) is 18.9 Å². The van der Waals surface area contributed by atoms with Crippen molar-refractivity contribution in [2.45, 2.75) is 32.6 Å². The van der Waals surface area contributed by atoms with Gasteiger partial charge in [-0.05, 0) is 61.9 Å². The minimum Gasteiger partial charge on any atom is -0.494 e. The van der Waals surface area contributed by atoms with Crippen LogP contribution >= 0.6 is 0 Å². The molecule has 0 bridgehead atoms. The SMILES string of the molecule is CCCCc1oc2ccc(N)cc2c1C(=O)c1ccc(OCCCN)cc1. The lowest BCUT2D eigenvalue weighted by Gasteiger charge is -2.07. The average Bonchev–Trinajstić information content (AvgIpc) is 3.04. The first-order chi connectivity index (χ1) is 13.1. The largest absolute Gasteiger partial charge is 0.494 e. The number of hydrogen-bond donors (Lipinski definition) is 2. The molecule has 0 aliphatic rings. The molecule has 5 nitrogen and oxygen atoms in total. The van der Waals surface area contributed by atoms with E-state index in [0.717, 1.165) is 42.6 Å². The van der Waals surface area contributed by atoms with Gasteiger partial charge in [-0.25, -0.2) is 0 Å². The van der Waals surface area contributed by atoms with Crippen LogP contribution in [0.5, 0.6) is 5.75 Å². The summed E-state index contributed by atoms with van der Waals surface area (Å²) in [5, 5.41) is 0.773. The first kappa shape index (κ1) is 19.0. The number of carbonyl (C=O) groups is 1. The van der Waals surface area contributed by atoms with Gasteiger partial charge < -0.3 is 20.6 Å². The number of nitrogen functional groups attached to an aromatic ring is 1. The summed E-state index contributed by atoms with van der Waals surface area (Å²) in [4.78, 5) is 13.2. The Morgan fingerprint density at radius 2 is 1.89 bits per heavy atom. The van der Waals surface area contributed by atoms with Crippen LogP contribution in [0.4, 0.5) is 5.69 Å². The van der Waals surface area contributed by atoms with E-state index in [9.17, 15) is 4.79 Å². The van der Waals surface area contributed by atoms with E-state index in [4.69, 9.17) is 20.6 Å². The molecule has 3 rings (SSSR count). The molecule has 142 valence electrons. The molecule has 0 aliphatic carbocycles. The zero-order valence-corrected chi connectivity index (χ0v) is 15.7. The fourth-order valence-corrected chi connectivity index (χ4v) is 3.05. The zero-order chi connectivity index (χ0) is 19.2. The maximum Gasteiger partial charge on any atom is 0.197 e. The number of benzene rings is 2. The number of nitrogens with two attached hydrogens (primary N) is 2. The molecule has 0 amide bonds. The smallest absolute Gasteiger partial charge is 0.197 e.